The third-order valence-electron chi connectivity index (χ3n) is 2.67. The average Bonchev–Trinajstić information content (AvgIpc) is 2.75. The van der Waals surface area contributed by atoms with Gasteiger partial charge in [-0.3, -0.25) is 0 Å². The second-order valence-electron chi connectivity index (χ2n) is 4.56. The van der Waals surface area contributed by atoms with Crippen LogP contribution in [0.4, 0.5) is 24.8 Å². The number of hydrogen-bond donors (Lipinski definition) is 1. The van der Waals surface area contributed by atoms with Gasteiger partial charge in [0.05, 0.1) is 12.3 Å². The lowest BCUT2D eigenvalue weighted by Crippen LogP contribution is -2.19. The van der Waals surface area contributed by atoms with Gasteiger partial charge < -0.3 is 14.6 Å². The molecule has 0 atom stereocenters. The van der Waals surface area contributed by atoms with Gasteiger partial charge in [0.15, 0.2) is 0 Å². The molecule has 0 saturated heterocycles. The van der Waals surface area contributed by atoms with Crippen LogP contribution in [0.1, 0.15) is 5.69 Å². The number of hydrogen-bond acceptors (Lipinski definition) is 3. The number of ether oxygens (including phenoxy) is 1. The molecule has 1 heterocycles. The Morgan fingerprint density at radius 3 is 2.62 bits per heavy atom. The summed E-state index contributed by atoms with van der Waals surface area (Å²) in [5.41, 5.74) is 1.64. The van der Waals surface area contributed by atoms with Crippen molar-refractivity contribution < 1.29 is 17.9 Å². The highest BCUT2D eigenvalue weighted by Crippen LogP contribution is 2.17. The van der Waals surface area contributed by atoms with Gasteiger partial charge in [0.25, 0.3) is 0 Å². The van der Waals surface area contributed by atoms with E-state index in [1.807, 2.05) is 37.3 Å². The first-order valence-corrected chi connectivity index (χ1v) is 6.44. The fourth-order valence-electron chi connectivity index (χ4n) is 1.82. The largest absolute Gasteiger partial charge is 0.411 e. The van der Waals surface area contributed by atoms with Gasteiger partial charge in [0.1, 0.15) is 6.61 Å². The highest BCUT2D eigenvalue weighted by molar-refractivity contribution is 5.53. The molecule has 0 fully saturated rings. The summed E-state index contributed by atoms with van der Waals surface area (Å²) in [6.45, 7) is 0.857. The number of nitrogens with one attached hydrogen (secondary N) is 1. The molecule has 7 heteroatoms. The highest BCUT2D eigenvalue weighted by atomic mass is 19.4. The summed E-state index contributed by atoms with van der Waals surface area (Å²) in [6.07, 6.45) is -2.53. The summed E-state index contributed by atoms with van der Waals surface area (Å²) in [5.74, 6) is 0.578. The van der Waals surface area contributed by atoms with Gasteiger partial charge in [-0.05, 0) is 19.1 Å². The van der Waals surface area contributed by atoms with Crippen molar-refractivity contribution in [2.45, 2.75) is 19.6 Å². The Morgan fingerprint density at radius 1 is 1.24 bits per heavy atom. The van der Waals surface area contributed by atoms with Gasteiger partial charge in [-0.15, -0.1) is 0 Å². The van der Waals surface area contributed by atoms with Gasteiger partial charge in [-0.1, -0.05) is 18.2 Å². The summed E-state index contributed by atoms with van der Waals surface area (Å²) in [5, 5.41) is 3.12. The second-order valence-corrected chi connectivity index (χ2v) is 4.56. The van der Waals surface area contributed by atoms with Crippen molar-refractivity contribution >= 4 is 11.6 Å². The van der Waals surface area contributed by atoms with E-state index in [4.69, 9.17) is 0 Å². The van der Waals surface area contributed by atoms with Crippen LogP contribution < -0.4 is 5.32 Å². The van der Waals surface area contributed by atoms with Crippen LogP contribution in [-0.4, -0.2) is 28.9 Å². The van der Waals surface area contributed by atoms with Crippen LogP contribution in [-0.2, 0) is 11.3 Å². The van der Waals surface area contributed by atoms with Crippen molar-refractivity contribution in [1.29, 1.82) is 0 Å². The number of rotatable bonds is 6. The maximum Gasteiger partial charge on any atom is 0.411 e. The molecule has 2 rings (SSSR count). The minimum atomic E-state index is -4.30. The van der Waals surface area contributed by atoms with E-state index >= 15 is 0 Å². The van der Waals surface area contributed by atoms with Crippen molar-refractivity contribution in [3.05, 3.63) is 42.2 Å². The molecule has 0 unspecified atom stereocenters. The minimum Gasteiger partial charge on any atom is -0.370 e. The Hall–Kier alpha value is -2.02. The SMILES string of the molecule is Cc1cn(CCOCC(F)(F)F)c(Nc2ccccc2)n1. The lowest BCUT2D eigenvalue weighted by molar-refractivity contribution is -0.174. The standard InChI is InChI=1S/C14H16F3N3O/c1-11-9-20(7-8-21-10-14(15,16)17)13(18-11)19-12-5-3-2-4-6-12/h2-6,9H,7-8,10H2,1H3,(H,18,19). The smallest absolute Gasteiger partial charge is 0.370 e. The van der Waals surface area contributed by atoms with Crippen LogP contribution in [0.5, 0.6) is 0 Å². The molecule has 4 nitrogen and oxygen atoms in total. The molecule has 114 valence electrons. The van der Waals surface area contributed by atoms with E-state index in [1.54, 1.807) is 10.8 Å². The second kappa shape index (κ2) is 6.62. The predicted molar refractivity (Wildman–Crippen MR) is 73.6 cm³/mol. The molecule has 0 radical (unpaired) electrons. The first-order chi connectivity index (χ1) is 9.94. The molecule has 0 aliphatic rings. The van der Waals surface area contributed by atoms with Gasteiger partial charge in [-0.25, -0.2) is 4.98 Å². The first kappa shape index (κ1) is 15.4. The van der Waals surface area contributed by atoms with Crippen LogP contribution in [0.15, 0.2) is 36.5 Å². The van der Waals surface area contributed by atoms with E-state index in [0.29, 0.717) is 12.5 Å². The van der Waals surface area contributed by atoms with Crippen molar-refractivity contribution in [2.24, 2.45) is 0 Å². The van der Waals surface area contributed by atoms with Crippen LogP contribution in [0.2, 0.25) is 0 Å². The number of nitrogens with zero attached hydrogens (tertiary/aromatic N) is 2. The molecule has 0 spiro atoms. The van der Waals surface area contributed by atoms with Gasteiger partial charge in [0, 0.05) is 18.4 Å². The molecule has 0 saturated carbocycles. The number of aryl methyl sites for hydroxylation is 1. The van der Waals surface area contributed by atoms with Crippen LogP contribution in [0, 0.1) is 6.92 Å². The molecule has 21 heavy (non-hydrogen) atoms. The normalized spacial score (nSPS) is 11.6. The van der Waals surface area contributed by atoms with Crippen molar-refractivity contribution in [1.82, 2.24) is 9.55 Å². The Kier molecular flexibility index (Phi) is 4.85. The van der Waals surface area contributed by atoms with E-state index in [0.717, 1.165) is 11.4 Å². The van der Waals surface area contributed by atoms with Crippen molar-refractivity contribution in [2.75, 3.05) is 18.5 Å². The molecule has 0 aliphatic heterocycles. The number of aromatic nitrogens is 2. The first-order valence-electron chi connectivity index (χ1n) is 6.44. The number of anilines is 2. The maximum atomic E-state index is 12.0. The van der Waals surface area contributed by atoms with Crippen LogP contribution in [0.25, 0.3) is 0 Å². The molecule has 1 N–H and O–H groups in total. The lowest BCUT2D eigenvalue weighted by atomic mass is 10.3. The Balaban J connectivity index is 1.94. The van der Waals surface area contributed by atoms with Gasteiger partial charge in [0.2, 0.25) is 5.95 Å². The van der Waals surface area contributed by atoms with Crippen molar-refractivity contribution in [3.63, 3.8) is 0 Å². The van der Waals surface area contributed by atoms with Crippen LogP contribution in [0.3, 0.4) is 0 Å². The van der Waals surface area contributed by atoms with E-state index in [9.17, 15) is 13.2 Å². The summed E-state index contributed by atoms with van der Waals surface area (Å²) in [7, 11) is 0. The summed E-state index contributed by atoms with van der Waals surface area (Å²) in [4.78, 5) is 4.31. The van der Waals surface area contributed by atoms with E-state index in [-0.39, 0.29) is 6.61 Å². The zero-order valence-corrected chi connectivity index (χ0v) is 11.5. The van der Waals surface area contributed by atoms with Gasteiger partial charge >= 0.3 is 6.18 Å². The topological polar surface area (TPSA) is 39.1 Å². The molecular formula is C14H16F3N3O. The number of benzene rings is 1. The number of alkyl halides is 3. The van der Waals surface area contributed by atoms with E-state index in [1.165, 1.54) is 0 Å². The zero-order chi connectivity index (χ0) is 15.3. The molecule has 0 bridgehead atoms. The lowest BCUT2D eigenvalue weighted by Gasteiger charge is -2.11. The van der Waals surface area contributed by atoms with E-state index < -0.39 is 12.8 Å². The monoisotopic (exact) mass is 299 g/mol. The maximum absolute atomic E-state index is 12.0. The van der Waals surface area contributed by atoms with Crippen LogP contribution >= 0.6 is 0 Å². The third-order valence-corrected chi connectivity index (χ3v) is 2.67. The number of para-hydroxylation sites is 1. The Labute approximate surface area is 120 Å². The molecule has 2 aromatic rings. The predicted octanol–water partition coefficient (Wildman–Crippen LogP) is 3.51. The third kappa shape index (κ3) is 5.11. The minimum absolute atomic E-state index is 0.0290. The molecule has 0 aliphatic carbocycles. The van der Waals surface area contributed by atoms with Crippen molar-refractivity contribution in [3.8, 4) is 0 Å². The highest BCUT2D eigenvalue weighted by Gasteiger charge is 2.27. The number of halogens is 3. The summed E-state index contributed by atoms with van der Waals surface area (Å²) in [6, 6.07) is 9.43. The Bertz CT molecular complexity index is 567. The quantitative estimate of drug-likeness (QED) is 0.830. The Morgan fingerprint density at radius 2 is 1.95 bits per heavy atom. The fourth-order valence-corrected chi connectivity index (χ4v) is 1.82. The number of imidazole rings is 1. The molecule has 1 aromatic carbocycles. The van der Waals surface area contributed by atoms with E-state index in [2.05, 4.69) is 15.0 Å². The molecule has 1 aromatic heterocycles. The van der Waals surface area contributed by atoms with Gasteiger partial charge in [-0.2, -0.15) is 13.2 Å². The molecular weight excluding hydrogens is 283 g/mol. The average molecular weight is 299 g/mol. The zero-order valence-electron chi connectivity index (χ0n) is 11.5. The summed E-state index contributed by atoms with van der Waals surface area (Å²) < 4.78 is 42.3. The fraction of sp³-hybridized carbons (Fsp3) is 0.357. The summed E-state index contributed by atoms with van der Waals surface area (Å²) >= 11 is 0. The molecule has 0 amide bonds.